The molecule has 0 spiro atoms. The number of amides is 1. The van der Waals surface area contributed by atoms with Gasteiger partial charge in [-0.2, -0.15) is 0 Å². The van der Waals surface area contributed by atoms with Gasteiger partial charge in [-0.15, -0.1) is 11.3 Å². The van der Waals surface area contributed by atoms with Crippen LogP contribution in [0.25, 0.3) is 10.6 Å². The Morgan fingerprint density at radius 2 is 1.79 bits per heavy atom. The van der Waals surface area contributed by atoms with Crippen LogP contribution in [0.3, 0.4) is 0 Å². The SMILES string of the molecule is CC(OC(=O)Cc1csc(-c2ccccc2)n1)C(=O)Nc1cc(Cl)c(Cl)cc1Cl. The lowest BCUT2D eigenvalue weighted by Gasteiger charge is -2.14. The van der Waals surface area contributed by atoms with Crippen molar-refractivity contribution in [2.45, 2.75) is 19.4 Å². The molecule has 0 aliphatic rings. The van der Waals surface area contributed by atoms with Crippen LogP contribution in [-0.4, -0.2) is 23.0 Å². The van der Waals surface area contributed by atoms with Crippen molar-refractivity contribution in [2.75, 3.05) is 5.32 Å². The molecule has 0 aliphatic carbocycles. The van der Waals surface area contributed by atoms with E-state index in [2.05, 4.69) is 10.3 Å². The lowest BCUT2D eigenvalue weighted by molar-refractivity contribution is -0.152. The summed E-state index contributed by atoms with van der Waals surface area (Å²) in [6.07, 6.45) is -1.06. The van der Waals surface area contributed by atoms with E-state index in [1.165, 1.54) is 30.4 Å². The first-order valence-corrected chi connectivity index (χ1v) is 10.5. The molecule has 1 heterocycles. The van der Waals surface area contributed by atoms with Crippen LogP contribution >= 0.6 is 46.1 Å². The molecule has 0 aliphatic heterocycles. The van der Waals surface area contributed by atoms with Gasteiger partial charge in [0, 0.05) is 10.9 Å². The van der Waals surface area contributed by atoms with Crippen LogP contribution in [0.5, 0.6) is 0 Å². The van der Waals surface area contributed by atoms with Crippen LogP contribution in [-0.2, 0) is 20.7 Å². The largest absolute Gasteiger partial charge is 0.452 e. The van der Waals surface area contributed by atoms with Gasteiger partial charge in [-0.3, -0.25) is 9.59 Å². The molecule has 0 radical (unpaired) electrons. The van der Waals surface area contributed by atoms with Crippen molar-refractivity contribution >= 4 is 63.7 Å². The Morgan fingerprint density at radius 1 is 1.10 bits per heavy atom. The van der Waals surface area contributed by atoms with Gasteiger partial charge >= 0.3 is 5.97 Å². The fraction of sp³-hybridized carbons (Fsp3) is 0.150. The lowest BCUT2D eigenvalue weighted by Crippen LogP contribution is -2.30. The molecule has 150 valence electrons. The van der Waals surface area contributed by atoms with Crippen molar-refractivity contribution < 1.29 is 14.3 Å². The molecule has 0 fully saturated rings. The topological polar surface area (TPSA) is 68.3 Å². The van der Waals surface area contributed by atoms with Crippen LogP contribution in [0.15, 0.2) is 47.8 Å². The summed E-state index contributed by atoms with van der Waals surface area (Å²) in [5, 5.41) is 5.92. The van der Waals surface area contributed by atoms with Crippen molar-refractivity contribution in [3.8, 4) is 10.6 Å². The fourth-order valence-corrected chi connectivity index (χ4v) is 3.81. The first kappa shape index (κ1) is 21.6. The Bertz CT molecular complexity index is 1040. The number of ether oxygens (including phenoxy) is 1. The summed E-state index contributed by atoms with van der Waals surface area (Å²) in [4.78, 5) is 28.9. The minimum absolute atomic E-state index is 0.0333. The summed E-state index contributed by atoms with van der Waals surface area (Å²) >= 11 is 19.3. The first-order valence-electron chi connectivity index (χ1n) is 8.48. The van der Waals surface area contributed by atoms with Crippen molar-refractivity contribution in [2.24, 2.45) is 0 Å². The number of hydrogen-bond acceptors (Lipinski definition) is 5. The second kappa shape index (κ2) is 9.59. The molecular formula is C20H15Cl3N2O3S. The van der Waals surface area contributed by atoms with Crippen LogP contribution < -0.4 is 5.32 Å². The zero-order valence-electron chi connectivity index (χ0n) is 15.1. The molecule has 1 unspecified atom stereocenters. The molecule has 0 saturated heterocycles. The van der Waals surface area contributed by atoms with Gasteiger partial charge in [0.1, 0.15) is 5.01 Å². The highest BCUT2D eigenvalue weighted by Gasteiger charge is 2.20. The number of benzene rings is 2. The minimum atomic E-state index is -1.03. The zero-order valence-corrected chi connectivity index (χ0v) is 18.2. The van der Waals surface area contributed by atoms with Crippen molar-refractivity contribution in [3.05, 3.63) is 68.6 Å². The van der Waals surface area contributed by atoms with Gasteiger partial charge in [-0.1, -0.05) is 65.1 Å². The quantitative estimate of drug-likeness (QED) is 0.361. The summed E-state index contributed by atoms with van der Waals surface area (Å²) < 4.78 is 5.21. The number of carbonyl (C=O) groups is 2. The molecule has 29 heavy (non-hydrogen) atoms. The van der Waals surface area contributed by atoms with Gasteiger partial charge in [-0.05, 0) is 19.1 Å². The van der Waals surface area contributed by atoms with Crippen molar-refractivity contribution in [1.82, 2.24) is 4.98 Å². The van der Waals surface area contributed by atoms with E-state index in [4.69, 9.17) is 39.5 Å². The average molecular weight is 470 g/mol. The number of carbonyl (C=O) groups excluding carboxylic acids is 2. The number of thiazole rings is 1. The average Bonchev–Trinajstić information content (AvgIpc) is 3.15. The maximum atomic E-state index is 12.3. The van der Waals surface area contributed by atoms with Gasteiger partial charge in [0.2, 0.25) is 0 Å². The number of rotatable bonds is 6. The Hall–Kier alpha value is -2.12. The molecule has 1 amide bonds. The van der Waals surface area contributed by atoms with Gasteiger partial charge in [0.15, 0.2) is 6.10 Å². The molecule has 2 aromatic carbocycles. The van der Waals surface area contributed by atoms with Crippen LogP contribution in [0, 0.1) is 0 Å². The Kier molecular flexibility index (Phi) is 7.14. The lowest BCUT2D eigenvalue weighted by atomic mass is 10.2. The van der Waals surface area contributed by atoms with E-state index in [0.717, 1.165) is 10.6 Å². The van der Waals surface area contributed by atoms with Crippen LogP contribution in [0.1, 0.15) is 12.6 Å². The highest BCUT2D eigenvalue weighted by molar-refractivity contribution is 7.13. The van der Waals surface area contributed by atoms with E-state index in [9.17, 15) is 9.59 Å². The Labute approximate surface area is 186 Å². The van der Waals surface area contributed by atoms with Gasteiger partial charge < -0.3 is 10.1 Å². The van der Waals surface area contributed by atoms with E-state index in [0.29, 0.717) is 5.69 Å². The van der Waals surface area contributed by atoms with E-state index in [1.807, 2.05) is 30.3 Å². The highest BCUT2D eigenvalue weighted by atomic mass is 35.5. The van der Waals surface area contributed by atoms with Crippen LogP contribution in [0.2, 0.25) is 15.1 Å². The molecule has 0 bridgehead atoms. The molecule has 1 atom stereocenters. The normalized spacial score (nSPS) is 11.7. The molecule has 9 heteroatoms. The van der Waals surface area contributed by atoms with Crippen LogP contribution in [0.4, 0.5) is 5.69 Å². The summed E-state index contributed by atoms with van der Waals surface area (Å²) in [6.45, 7) is 1.47. The molecule has 0 saturated carbocycles. The number of aromatic nitrogens is 1. The zero-order chi connectivity index (χ0) is 21.0. The van der Waals surface area contributed by atoms with Gasteiger partial charge in [0.05, 0.1) is 32.9 Å². The van der Waals surface area contributed by atoms with Crippen molar-refractivity contribution in [3.63, 3.8) is 0 Å². The third kappa shape index (κ3) is 5.70. The molecule has 1 aromatic heterocycles. The third-order valence-electron chi connectivity index (χ3n) is 3.84. The van der Waals surface area contributed by atoms with Gasteiger partial charge in [-0.25, -0.2) is 4.98 Å². The predicted molar refractivity (Wildman–Crippen MR) is 117 cm³/mol. The first-order chi connectivity index (χ1) is 13.8. The number of hydrogen-bond donors (Lipinski definition) is 1. The molecular weight excluding hydrogens is 455 g/mol. The number of nitrogens with zero attached hydrogens (tertiary/aromatic N) is 1. The molecule has 3 aromatic rings. The Balaban J connectivity index is 1.57. The monoisotopic (exact) mass is 468 g/mol. The standard InChI is InChI=1S/C20H15Cl3N2O3S/c1-11(19(27)25-17-9-15(22)14(21)8-16(17)23)28-18(26)7-13-10-29-20(24-13)12-5-3-2-4-6-12/h2-6,8-11H,7H2,1H3,(H,25,27). The predicted octanol–water partition coefficient (Wildman–Crippen LogP) is 5.88. The smallest absolute Gasteiger partial charge is 0.312 e. The fourth-order valence-electron chi connectivity index (χ4n) is 2.39. The summed E-state index contributed by atoms with van der Waals surface area (Å²) in [7, 11) is 0. The minimum Gasteiger partial charge on any atom is -0.452 e. The summed E-state index contributed by atoms with van der Waals surface area (Å²) in [5.41, 5.74) is 1.84. The number of halogens is 3. The molecule has 3 rings (SSSR count). The van der Waals surface area contributed by atoms with E-state index >= 15 is 0 Å². The molecule has 5 nitrogen and oxygen atoms in total. The van der Waals surface area contributed by atoms with Gasteiger partial charge in [0.25, 0.3) is 5.91 Å². The van der Waals surface area contributed by atoms with E-state index in [1.54, 1.807) is 5.38 Å². The van der Waals surface area contributed by atoms with Crippen molar-refractivity contribution in [1.29, 1.82) is 0 Å². The number of nitrogens with one attached hydrogen (secondary N) is 1. The highest BCUT2D eigenvalue weighted by Crippen LogP contribution is 2.32. The molecule has 1 N–H and O–H groups in total. The number of anilines is 1. The second-order valence-corrected chi connectivity index (χ2v) is 8.13. The maximum Gasteiger partial charge on any atom is 0.312 e. The third-order valence-corrected chi connectivity index (χ3v) is 5.82. The van der Waals surface area contributed by atoms with E-state index in [-0.39, 0.29) is 27.2 Å². The number of esters is 1. The second-order valence-electron chi connectivity index (χ2n) is 6.05. The summed E-state index contributed by atoms with van der Waals surface area (Å²) in [6, 6.07) is 12.5. The van der Waals surface area contributed by atoms with E-state index < -0.39 is 18.0 Å². The summed E-state index contributed by atoms with van der Waals surface area (Å²) in [5.74, 6) is -1.10. The Morgan fingerprint density at radius 3 is 2.52 bits per heavy atom. The maximum absolute atomic E-state index is 12.3.